The molecule has 3 fully saturated rings. The highest BCUT2D eigenvalue weighted by atomic mass is 32.7. The highest BCUT2D eigenvalue weighted by Gasteiger charge is 2.49. The van der Waals surface area contributed by atoms with E-state index in [1.165, 1.54) is 26.0 Å². The molecule has 3 aliphatic heterocycles. The van der Waals surface area contributed by atoms with Gasteiger partial charge in [-0.3, -0.25) is 23.5 Å². The third-order valence-corrected chi connectivity index (χ3v) is 10.1. The zero-order valence-corrected chi connectivity index (χ0v) is 27.3. The van der Waals surface area contributed by atoms with Crippen molar-refractivity contribution in [3.05, 3.63) is 51.4 Å². The van der Waals surface area contributed by atoms with Gasteiger partial charge in [-0.1, -0.05) is 11.8 Å². The van der Waals surface area contributed by atoms with Gasteiger partial charge in [0.1, 0.15) is 49.2 Å². The average Bonchev–Trinajstić information content (AvgIpc) is 3.61. The number of imidazole rings is 1. The van der Waals surface area contributed by atoms with Gasteiger partial charge in [0.25, 0.3) is 5.56 Å². The van der Waals surface area contributed by atoms with Crippen LogP contribution in [0.15, 0.2) is 34.5 Å². The largest absolute Gasteiger partial charge is 0.780 e. The van der Waals surface area contributed by atoms with E-state index < -0.39 is 74.3 Å². The van der Waals surface area contributed by atoms with Crippen LogP contribution in [0.25, 0.3) is 11.2 Å². The molecule has 0 radical (unpaired) electrons. The standard InChI is InChI=1S/C21H26N6O11P2S2.2H3N/c1-10-16-19(23-8-22-10)27(9-24-16)15-5-11-12(35-15)6-33-40(31,42)38-17-13(7-34-39(30,41)37-11)36-20(18(17)32-2)26-4-3-14(28)25-21(26)29;;/h3-4,8-9,11-13,15,17-18,20H,5-7H2,1-2H3,(H,30,41)(H,31,42)(H,25,28,29);2*1H3/t11-,12+,13+,15+,17+,18+,20+,39?,40?;;/m0../s1. The summed E-state index contributed by atoms with van der Waals surface area (Å²) in [5, 5.41) is 0. The Labute approximate surface area is 259 Å². The minimum absolute atomic E-state index is 0. The molecule has 3 saturated heterocycles. The van der Waals surface area contributed by atoms with Crippen molar-refractivity contribution >= 4 is 48.7 Å². The van der Waals surface area contributed by atoms with Crippen LogP contribution >= 0.6 is 13.5 Å². The third kappa shape index (κ3) is 6.91. The average molecular weight is 699 g/mol. The van der Waals surface area contributed by atoms with Crippen molar-refractivity contribution in [2.75, 3.05) is 20.3 Å². The number of nitrogens with one attached hydrogen (secondary N) is 1. The summed E-state index contributed by atoms with van der Waals surface area (Å²) in [7, 11) is 1.31. The van der Waals surface area contributed by atoms with Crippen molar-refractivity contribution in [3.63, 3.8) is 0 Å². The van der Waals surface area contributed by atoms with Crippen molar-refractivity contribution in [2.45, 2.75) is 56.3 Å². The Morgan fingerprint density at radius 2 is 1.84 bits per heavy atom. The fourth-order valence-corrected chi connectivity index (χ4v) is 7.97. The minimum Gasteiger partial charge on any atom is -0.780 e. The molecule has 19 nitrogen and oxygen atoms in total. The molecular formula is C21H32N8O11P2S2. The van der Waals surface area contributed by atoms with Crippen LogP contribution in [-0.2, 0) is 60.9 Å². The number of aromatic amines is 1. The van der Waals surface area contributed by atoms with Crippen molar-refractivity contribution in [1.82, 2.24) is 41.4 Å². The van der Waals surface area contributed by atoms with Crippen molar-refractivity contribution in [1.29, 1.82) is 0 Å². The number of H-pyrrole nitrogens is 1. The first kappa shape index (κ1) is 34.9. The lowest BCUT2D eigenvalue weighted by Crippen LogP contribution is -2.41. The molecule has 9 atom stereocenters. The molecule has 244 valence electrons. The fraction of sp³-hybridized carbons (Fsp3) is 0.571. The zero-order valence-electron chi connectivity index (χ0n) is 23.9. The molecule has 0 aliphatic carbocycles. The quantitative estimate of drug-likeness (QED) is 0.251. The maximum Gasteiger partial charge on any atom is 0.330 e. The van der Waals surface area contributed by atoms with Crippen LogP contribution in [-0.4, -0.2) is 79.9 Å². The zero-order chi connectivity index (χ0) is 29.8. The van der Waals surface area contributed by atoms with Crippen LogP contribution in [0.5, 0.6) is 0 Å². The molecule has 3 aromatic rings. The molecular weight excluding hydrogens is 666 g/mol. The van der Waals surface area contributed by atoms with Gasteiger partial charge in [0.2, 0.25) is 0 Å². The van der Waals surface area contributed by atoms with Gasteiger partial charge in [-0.25, -0.2) is 19.7 Å². The fourth-order valence-electron chi connectivity index (χ4n) is 5.09. The number of hydrogen-bond donors (Lipinski definition) is 3. The van der Waals surface area contributed by atoms with Crippen molar-refractivity contribution < 1.29 is 41.8 Å². The molecule has 0 saturated carbocycles. The van der Waals surface area contributed by atoms with E-state index in [2.05, 4.69) is 19.9 Å². The highest BCUT2D eigenvalue weighted by Crippen LogP contribution is 2.53. The molecule has 0 aromatic carbocycles. The van der Waals surface area contributed by atoms with Crippen LogP contribution in [0.2, 0.25) is 0 Å². The van der Waals surface area contributed by atoms with Crippen LogP contribution in [0.1, 0.15) is 24.6 Å². The molecule has 44 heavy (non-hydrogen) atoms. The number of ether oxygens (including phenoxy) is 3. The van der Waals surface area contributed by atoms with E-state index in [0.717, 1.165) is 10.6 Å². The van der Waals surface area contributed by atoms with Crippen LogP contribution in [0.3, 0.4) is 0 Å². The monoisotopic (exact) mass is 698 g/mol. The smallest absolute Gasteiger partial charge is 0.330 e. The molecule has 9 N–H and O–H groups in total. The summed E-state index contributed by atoms with van der Waals surface area (Å²) in [6, 6.07) is 1.11. The first-order valence-electron chi connectivity index (χ1n) is 12.5. The Kier molecular flexibility index (Phi) is 10.7. The topological polar surface area (TPSA) is 276 Å². The summed E-state index contributed by atoms with van der Waals surface area (Å²) in [6.45, 7) is -7.49. The predicted molar refractivity (Wildman–Crippen MR) is 157 cm³/mol. The second-order valence-electron chi connectivity index (χ2n) is 9.63. The summed E-state index contributed by atoms with van der Waals surface area (Å²) in [5.74, 6) is 0. The summed E-state index contributed by atoms with van der Waals surface area (Å²) in [4.78, 5) is 52.3. The van der Waals surface area contributed by atoms with Gasteiger partial charge in [-0.15, -0.1) is 0 Å². The van der Waals surface area contributed by atoms with Crippen LogP contribution in [0, 0.1) is 6.92 Å². The summed E-state index contributed by atoms with van der Waals surface area (Å²) in [5.41, 5.74) is 0.334. The van der Waals surface area contributed by atoms with Gasteiger partial charge in [0.05, 0.1) is 31.3 Å². The Balaban J connectivity index is 0.00000221. The normalized spacial score (nSPS) is 35.9. The SMILES string of the molecule is CO[C@@H]1[C@@H]2OP([O-])(=S)OC[C@H]3O[C@@H](n4cnc5c(C)ncnc54)C[C@@H]3OP(=O)([S-])OC[C@H]2O[C@H]1n1ccc(=O)[nH]c1=O.[NH4+].[NH4+]. The summed E-state index contributed by atoms with van der Waals surface area (Å²) >= 11 is 10.4. The van der Waals surface area contributed by atoms with E-state index in [0.29, 0.717) is 16.9 Å². The molecule has 3 aliphatic rings. The van der Waals surface area contributed by atoms with E-state index in [1.54, 1.807) is 11.5 Å². The van der Waals surface area contributed by atoms with Crippen molar-refractivity contribution in [3.8, 4) is 0 Å². The second-order valence-corrected chi connectivity index (χ2v) is 15.0. The van der Waals surface area contributed by atoms with Gasteiger partial charge in [0.15, 0.2) is 18.7 Å². The first-order chi connectivity index (χ1) is 19.9. The molecule has 2 unspecified atom stereocenters. The lowest BCUT2D eigenvalue weighted by molar-refractivity contribution is -0.218. The van der Waals surface area contributed by atoms with E-state index >= 15 is 0 Å². The van der Waals surface area contributed by atoms with Gasteiger partial charge in [0, 0.05) is 25.8 Å². The van der Waals surface area contributed by atoms with Gasteiger partial charge in [-0.2, -0.15) is 0 Å². The van der Waals surface area contributed by atoms with E-state index in [4.69, 9.17) is 56.4 Å². The molecule has 0 amide bonds. The van der Waals surface area contributed by atoms with Gasteiger partial charge < -0.3 is 61.7 Å². The molecule has 6 heterocycles. The molecule has 23 heteroatoms. The molecule has 3 aromatic heterocycles. The van der Waals surface area contributed by atoms with Gasteiger partial charge >= 0.3 is 5.69 Å². The van der Waals surface area contributed by atoms with Crippen LogP contribution < -0.4 is 28.4 Å². The number of quaternary nitrogens is 2. The number of fused-ring (bicyclic) bond motifs is 3. The lowest BCUT2D eigenvalue weighted by Gasteiger charge is -2.37. The van der Waals surface area contributed by atoms with Crippen LogP contribution in [0.4, 0.5) is 0 Å². The highest BCUT2D eigenvalue weighted by molar-refractivity contribution is 8.32. The maximum absolute atomic E-state index is 13.4. The summed E-state index contributed by atoms with van der Waals surface area (Å²) < 4.78 is 56.1. The number of methoxy groups -OCH3 is 1. The number of aryl methyl sites for hydroxylation is 1. The van der Waals surface area contributed by atoms with Gasteiger partial charge in [-0.05, 0) is 6.92 Å². The Hall–Kier alpha value is -1.94. The molecule has 0 spiro atoms. The first-order valence-corrected chi connectivity index (χ1v) is 17.6. The molecule has 0 bridgehead atoms. The predicted octanol–water partition coefficient (Wildman–Crippen LogP) is 0.694. The molecule has 6 rings (SSSR count). The Morgan fingerprint density at radius 1 is 1.09 bits per heavy atom. The summed E-state index contributed by atoms with van der Waals surface area (Å²) in [6.07, 6.45) is -2.91. The number of hydrogen-bond acceptors (Lipinski definition) is 16. The lowest BCUT2D eigenvalue weighted by atomic mass is 10.1. The second kappa shape index (κ2) is 13.4. The maximum atomic E-state index is 13.4. The van der Waals surface area contributed by atoms with Crippen molar-refractivity contribution in [2.24, 2.45) is 0 Å². The van der Waals surface area contributed by atoms with E-state index in [1.807, 2.05) is 0 Å². The Bertz CT molecular complexity index is 1710. The van der Waals surface area contributed by atoms with E-state index in [9.17, 15) is 19.0 Å². The minimum atomic E-state index is -4.25. The number of aromatic nitrogens is 6. The number of nitrogens with zero attached hydrogens (tertiary/aromatic N) is 5. The van der Waals surface area contributed by atoms with E-state index in [-0.39, 0.29) is 25.3 Å². The third-order valence-electron chi connectivity index (χ3n) is 7.02. The Morgan fingerprint density at radius 3 is 2.57 bits per heavy atom. The number of rotatable bonds is 3.